The van der Waals surface area contributed by atoms with Crippen LogP contribution in [0.2, 0.25) is 0 Å². The summed E-state index contributed by atoms with van der Waals surface area (Å²) in [6, 6.07) is 0. The fourth-order valence-corrected chi connectivity index (χ4v) is 1.60. The van der Waals surface area contributed by atoms with Crippen LogP contribution in [0, 0.1) is 0 Å². The molecule has 0 unspecified atom stereocenters. The first-order chi connectivity index (χ1) is 6.22. The Kier molecular flexibility index (Phi) is 3.63. The van der Waals surface area contributed by atoms with Crippen molar-refractivity contribution in [2.75, 3.05) is 11.9 Å². The van der Waals surface area contributed by atoms with Crippen molar-refractivity contribution in [3.63, 3.8) is 0 Å². The second-order valence-corrected chi connectivity index (χ2v) is 3.49. The van der Waals surface area contributed by atoms with Gasteiger partial charge in [-0.25, -0.2) is 0 Å². The molecule has 1 heterocycles. The zero-order valence-electron chi connectivity index (χ0n) is 7.28. The SMILES string of the molecule is CCNc1nnc(CCC(=O)O)s1. The predicted octanol–water partition coefficient (Wildman–Crippen LogP) is 0.987. The highest BCUT2D eigenvalue weighted by molar-refractivity contribution is 7.15. The van der Waals surface area contributed by atoms with Crippen molar-refractivity contribution < 1.29 is 9.90 Å². The lowest BCUT2D eigenvalue weighted by molar-refractivity contribution is -0.136. The van der Waals surface area contributed by atoms with Crippen molar-refractivity contribution in [1.29, 1.82) is 0 Å². The normalized spacial score (nSPS) is 9.92. The Balaban J connectivity index is 2.44. The third kappa shape index (κ3) is 3.37. The molecule has 0 amide bonds. The molecule has 6 heteroatoms. The molecule has 5 nitrogen and oxygen atoms in total. The molecule has 13 heavy (non-hydrogen) atoms. The fraction of sp³-hybridized carbons (Fsp3) is 0.571. The van der Waals surface area contributed by atoms with Gasteiger partial charge < -0.3 is 10.4 Å². The van der Waals surface area contributed by atoms with Crippen LogP contribution < -0.4 is 5.32 Å². The molecule has 2 N–H and O–H groups in total. The summed E-state index contributed by atoms with van der Waals surface area (Å²) in [6.07, 6.45) is 0.569. The van der Waals surface area contributed by atoms with Gasteiger partial charge in [0.05, 0.1) is 6.42 Å². The molecule has 0 fully saturated rings. The Morgan fingerprint density at radius 1 is 1.62 bits per heavy atom. The van der Waals surface area contributed by atoms with Crippen LogP contribution in [0.4, 0.5) is 5.13 Å². The fourth-order valence-electron chi connectivity index (χ4n) is 0.791. The molecular weight excluding hydrogens is 190 g/mol. The minimum absolute atomic E-state index is 0.112. The number of aromatic nitrogens is 2. The average Bonchev–Trinajstić information content (AvgIpc) is 2.50. The maximum atomic E-state index is 10.2. The average molecular weight is 201 g/mol. The van der Waals surface area contributed by atoms with Gasteiger partial charge in [-0.2, -0.15) is 0 Å². The van der Waals surface area contributed by atoms with Crippen LogP contribution in [0.25, 0.3) is 0 Å². The highest BCUT2D eigenvalue weighted by Gasteiger charge is 2.04. The third-order valence-electron chi connectivity index (χ3n) is 1.35. The molecule has 0 atom stereocenters. The van der Waals surface area contributed by atoms with E-state index in [9.17, 15) is 4.79 Å². The molecule has 1 aromatic rings. The van der Waals surface area contributed by atoms with Crippen LogP contribution in [0.15, 0.2) is 0 Å². The minimum Gasteiger partial charge on any atom is -0.481 e. The summed E-state index contributed by atoms with van der Waals surface area (Å²) in [5, 5.41) is 20.7. The lowest BCUT2D eigenvalue weighted by Crippen LogP contribution is -1.96. The number of rotatable bonds is 5. The quantitative estimate of drug-likeness (QED) is 0.743. The van der Waals surface area contributed by atoms with Gasteiger partial charge >= 0.3 is 5.97 Å². The Hall–Kier alpha value is -1.17. The molecule has 0 radical (unpaired) electrons. The number of aryl methyl sites for hydroxylation is 1. The molecule has 0 bridgehead atoms. The van der Waals surface area contributed by atoms with E-state index in [1.807, 2.05) is 6.92 Å². The maximum absolute atomic E-state index is 10.2. The maximum Gasteiger partial charge on any atom is 0.303 e. The zero-order chi connectivity index (χ0) is 9.68. The number of carbonyl (C=O) groups is 1. The summed E-state index contributed by atoms with van der Waals surface area (Å²) in [5.41, 5.74) is 0. The molecule has 0 aromatic carbocycles. The van der Waals surface area contributed by atoms with Crippen LogP contribution in [-0.4, -0.2) is 27.8 Å². The molecule has 0 spiro atoms. The molecule has 1 rings (SSSR count). The summed E-state index contributed by atoms with van der Waals surface area (Å²) >= 11 is 1.40. The smallest absolute Gasteiger partial charge is 0.303 e. The Labute approximate surface area is 79.8 Å². The first kappa shape index (κ1) is 9.91. The van der Waals surface area contributed by atoms with Crippen LogP contribution >= 0.6 is 11.3 Å². The standard InChI is InChI=1S/C7H11N3O2S/c1-2-8-7-10-9-5(13-7)3-4-6(11)12/h2-4H2,1H3,(H,8,10)(H,11,12). The zero-order valence-corrected chi connectivity index (χ0v) is 8.10. The molecule has 1 aromatic heterocycles. The number of carboxylic acids is 1. The number of hydrogen-bond donors (Lipinski definition) is 2. The van der Waals surface area contributed by atoms with Gasteiger partial charge in [-0.3, -0.25) is 4.79 Å². The van der Waals surface area contributed by atoms with Crippen molar-refractivity contribution in [3.8, 4) is 0 Å². The van der Waals surface area contributed by atoms with Gasteiger partial charge in [-0.1, -0.05) is 11.3 Å². The second-order valence-electron chi connectivity index (χ2n) is 2.43. The van der Waals surface area contributed by atoms with Crippen LogP contribution in [-0.2, 0) is 11.2 Å². The van der Waals surface area contributed by atoms with E-state index >= 15 is 0 Å². The lowest BCUT2D eigenvalue weighted by atomic mass is 10.3. The summed E-state index contributed by atoms with van der Waals surface area (Å²) < 4.78 is 0. The lowest BCUT2D eigenvalue weighted by Gasteiger charge is -1.91. The predicted molar refractivity (Wildman–Crippen MR) is 50.0 cm³/mol. The summed E-state index contributed by atoms with van der Waals surface area (Å²) in [4.78, 5) is 10.2. The van der Waals surface area contributed by atoms with E-state index in [0.717, 1.165) is 16.7 Å². The number of hydrogen-bond acceptors (Lipinski definition) is 5. The van der Waals surface area contributed by atoms with E-state index in [2.05, 4.69) is 15.5 Å². The Bertz CT molecular complexity index is 287. The monoisotopic (exact) mass is 201 g/mol. The largest absolute Gasteiger partial charge is 0.481 e. The van der Waals surface area contributed by atoms with Gasteiger partial charge in [-0.15, -0.1) is 10.2 Å². The molecular formula is C7H11N3O2S. The Morgan fingerprint density at radius 3 is 3.00 bits per heavy atom. The van der Waals surface area contributed by atoms with Gasteiger partial charge in [0.25, 0.3) is 0 Å². The first-order valence-electron chi connectivity index (χ1n) is 4.00. The van der Waals surface area contributed by atoms with Crippen molar-refractivity contribution >= 4 is 22.4 Å². The molecule has 0 saturated heterocycles. The van der Waals surface area contributed by atoms with E-state index < -0.39 is 5.97 Å². The summed E-state index contributed by atoms with van der Waals surface area (Å²) in [7, 11) is 0. The number of aliphatic carboxylic acids is 1. The van der Waals surface area contributed by atoms with E-state index in [1.54, 1.807) is 0 Å². The first-order valence-corrected chi connectivity index (χ1v) is 4.82. The van der Waals surface area contributed by atoms with Gasteiger partial charge in [-0.05, 0) is 6.92 Å². The van der Waals surface area contributed by atoms with Gasteiger partial charge in [0.1, 0.15) is 5.01 Å². The van der Waals surface area contributed by atoms with E-state index in [4.69, 9.17) is 5.11 Å². The highest BCUT2D eigenvalue weighted by Crippen LogP contribution is 2.15. The molecule has 0 aliphatic carbocycles. The van der Waals surface area contributed by atoms with Gasteiger partial charge in [0.15, 0.2) is 0 Å². The van der Waals surface area contributed by atoms with Crippen molar-refractivity contribution in [2.24, 2.45) is 0 Å². The third-order valence-corrected chi connectivity index (χ3v) is 2.29. The Morgan fingerprint density at radius 2 is 2.38 bits per heavy atom. The molecule has 0 saturated carbocycles. The molecule has 72 valence electrons. The van der Waals surface area contributed by atoms with Crippen molar-refractivity contribution in [1.82, 2.24) is 10.2 Å². The summed E-state index contributed by atoms with van der Waals surface area (Å²) in [6.45, 7) is 2.77. The minimum atomic E-state index is -0.805. The second kappa shape index (κ2) is 4.76. The highest BCUT2D eigenvalue weighted by atomic mass is 32.1. The van der Waals surface area contributed by atoms with Crippen molar-refractivity contribution in [2.45, 2.75) is 19.8 Å². The molecule has 0 aliphatic heterocycles. The van der Waals surface area contributed by atoms with Crippen LogP contribution in [0.3, 0.4) is 0 Å². The summed E-state index contributed by atoms with van der Waals surface area (Å²) in [5.74, 6) is -0.805. The topological polar surface area (TPSA) is 75.1 Å². The number of nitrogens with one attached hydrogen (secondary N) is 1. The van der Waals surface area contributed by atoms with E-state index in [1.165, 1.54) is 11.3 Å². The van der Waals surface area contributed by atoms with E-state index in [0.29, 0.717) is 6.42 Å². The number of anilines is 1. The number of nitrogens with zero attached hydrogens (tertiary/aromatic N) is 2. The van der Waals surface area contributed by atoms with Crippen molar-refractivity contribution in [3.05, 3.63) is 5.01 Å². The van der Waals surface area contributed by atoms with Crippen LogP contribution in [0.5, 0.6) is 0 Å². The molecule has 0 aliphatic rings. The number of carboxylic acid groups (broad SMARTS) is 1. The van der Waals surface area contributed by atoms with E-state index in [-0.39, 0.29) is 6.42 Å². The van der Waals surface area contributed by atoms with Crippen LogP contribution in [0.1, 0.15) is 18.4 Å². The van der Waals surface area contributed by atoms with Gasteiger partial charge in [0, 0.05) is 13.0 Å². The van der Waals surface area contributed by atoms with Gasteiger partial charge in [0.2, 0.25) is 5.13 Å².